The first-order chi connectivity index (χ1) is 55.8. The van der Waals surface area contributed by atoms with Gasteiger partial charge in [0.2, 0.25) is 20.0 Å². The van der Waals surface area contributed by atoms with Crippen LogP contribution in [0.15, 0.2) is 123 Å². The molecule has 0 bridgehead atoms. The van der Waals surface area contributed by atoms with Crippen LogP contribution in [0.25, 0.3) is 68.1 Å². The van der Waals surface area contributed by atoms with Gasteiger partial charge in [0, 0.05) is 86.7 Å². The van der Waals surface area contributed by atoms with Crippen LogP contribution in [0.3, 0.4) is 0 Å². The quantitative estimate of drug-likeness (QED) is 0.0671. The van der Waals surface area contributed by atoms with Gasteiger partial charge in [-0.1, -0.05) is 0 Å². The lowest BCUT2D eigenvalue weighted by atomic mass is 9.92. The number of halogens is 8. The Balaban J connectivity index is 0.000000121. The summed E-state index contributed by atoms with van der Waals surface area (Å²) in [4.78, 5) is 61.0. The van der Waals surface area contributed by atoms with Gasteiger partial charge in [-0.05, 0) is 138 Å². The second kappa shape index (κ2) is 34.7. The van der Waals surface area contributed by atoms with Crippen LogP contribution in [0.1, 0.15) is 124 Å². The van der Waals surface area contributed by atoms with Crippen molar-refractivity contribution < 1.29 is 61.4 Å². The Morgan fingerprint density at radius 2 is 0.716 bits per heavy atom. The van der Waals surface area contributed by atoms with Crippen LogP contribution in [0, 0.1) is 11.8 Å². The molecule has 6 atom stereocenters. The van der Waals surface area contributed by atoms with Crippen LogP contribution in [0.2, 0.25) is 0 Å². The number of alkyl halides is 8. The van der Waals surface area contributed by atoms with E-state index in [1.54, 1.807) is 36.7 Å². The molecule has 6 saturated heterocycles. The summed E-state index contributed by atoms with van der Waals surface area (Å²) in [6.07, 6.45) is 9.86. The third-order valence-electron chi connectivity index (χ3n) is 21.8. The van der Waals surface area contributed by atoms with Crippen molar-refractivity contribution in [2.75, 3.05) is 101 Å². The number of piperidine rings is 2. The molecular formula is C74H82F8N26O6S2. The fraction of sp³-hybridized carbons (Fsp3) is 0.459. The number of imidazole rings is 4. The molecule has 32 nitrogen and oxygen atoms in total. The van der Waals surface area contributed by atoms with Gasteiger partial charge in [-0.15, -0.1) is 0 Å². The standard InChI is InChI=1S/2C19H20F2N6O.2C18H21F2N7O2S/c2*20-19(21)14-3-4-18-22-7-17(27(18)25-14)16-6-15(23-11-24-16)12-2-1-5-26(8-12)13-9-28-10-13;2*1-11-12(8-24-30(2,28)29)5-6-26(11)17-7-14(22-10-23-17)15-9-21-16-4-3-13(18(19)20)25-27(15)16/h2*3-4,6-7,11-13,19H,1-2,5,8-10H2;2*3-4,7,9-12,18,24H,5-6,8H2,1-2H3. The highest BCUT2D eigenvalue weighted by molar-refractivity contribution is 7.89. The van der Waals surface area contributed by atoms with Gasteiger partial charge >= 0.3 is 0 Å². The predicted molar refractivity (Wildman–Crippen MR) is 408 cm³/mol. The molecule has 116 heavy (non-hydrogen) atoms. The van der Waals surface area contributed by atoms with E-state index in [1.807, 2.05) is 26.0 Å². The summed E-state index contributed by atoms with van der Waals surface area (Å²) in [7, 11) is -6.50. The number of aromatic nitrogens is 20. The minimum Gasteiger partial charge on any atom is -0.378 e. The zero-order valence-electron chi connectivity index (χ0n) is 63.2. The third kappa shape index (κ3) is 18.3. The smallest absolute Gasteiger partial charge is 0.282 e. The average Bonchev–Trinajstić information content (AvgIpc) is 1.62. The number of sulfonamides is 2. The molecule has 6 unspecified atom stereocenters. The van der Waals surface area contributed by atoms with Crippen LogP contribution in [-0.2, 0) is 29.5 Å². The van der Waals surface area contributed by atoms with Crippen molar-refractivity contribution in [1.82, 2.24) is 118 Å². The van der Waals surface area contributed by atoms with Gasteiger partial charge < -0.3 is 19.3 Å². The Morgan fingerprint density at radius 3 is 1.01 bits per heavy atom. The van der Waals surface area contributed by atoms with Gasteiger partial charge in [0.25, 0.3) is 25.7 Å². The SMILES string of the molecule is CC1C(CNS(C)(=O)=O)CCN1c1cc(-c2cnc3ccc(C(F)F)nn23)ncn1.CC1C(CNS(C)(=O)=O)CCN1c1cc(-c2cnc3ccc(C(F)F)nn23)ncn1.FC(F)c1ccc2ncc(-c3cc(C4CCCN(C5COC5)C4)ncn3)n2n1.FC(F)c1ccc2ncc(-c3cc(C4CCCN(C5COC5)C4)ncn3)n2n1. The van der Waals surface area contributed by atoms with E-state index in [2.05, 4.69) is 109 Å². The van der Waals surface area contributed by atoms with E-state index in [-0.39, 0.29) is 46.7 Å². The zero-order valence-corrected chi connectivity index (χ0v) is 64.9. The minimum absolute atomic E-state index is 0.0627. The molecule has 18 rings (SSSR count). The second-order valence-corrected chi connectivity index (χ2v) is 33.0. The van der Waals surface area contributed by atoms with Gasteiger partial charge in [0.05, 0.1) is 98.6 Å². The summed E-state index contributed by atoms with van der Waals surface area (Å²) in [6.45, 7) is 13.5. The van der Waals surface area contributed by atoms with E-state index in [1.165, 1.54) is 92.2 Å². The fourth-order valence-corrected chi connectivity index (χ4v) is 16.3. The molecule has 12 aromatic heterocycles. The first-order valence-electron chi connectivity index (χ1n) is 37.7. The van der Waals surface area contributed by atoms with E-state index in [0.717, 1.165) is 115 Å². The van der Waals surface area contributed by atoms with Crippen molar-refractivity contribution in [1.29, 1.82) is 0 Å². The van der Waals surface area contributed by atoms with Crippen LogP contribution < -0.4 is 19.2 Å². The first kappa shape index (κ1) is 80.7. The van der Waals surface area contributed by atoms with Crippen molar-refractivity contribution in [3.63, 3.8) is 0 Å². The Labute approximate surface area is 659 Å². The zero-order chi connectivity index (χ0) is 81.1. The van der Waals surface area contributed by atoms with Crippen molar-refractivity contribution in [3.8, 4) is 45.6 Å². The van der Waals surface area contributed by atoms with Crippen LogP contribution in [-0.4, -0.2) is 240 Å². The minimum atomic E-state index is -3.25. The number of likely N-dealkylation sites (tertiary alicyclic amines) is 2. The fourth-order valence-electron chi connectivity index (χ4n) is 15.2. The Bertz CT molecular complexity index is 5340. The Morgan fingerprint density at radius 1 is 0.405 bits per heavy atom. The topological polar surface area (TPSA) is 348 Å². The molecular weight excluding hydrogens is 1570 g/mol. The van der Waals surface area contributed by atoms with E-state index >= 15 is 0 Å². The lowest BCUT2D eigenvalue weighted by Gasteiger charge is -2.41. The summed E-state index contributed by atoms with van der Waals surface area (Å²) >= 11 is 0. The molecule has 0 spiro atoms. The van der Waals surface area contributed by atoms with Gasteiger partial charge in [0.15, 0.2) is 22.6 Å². The maximum absolute atomic E-state index is 13.0. The third-order valence-corrected chi connectivity index (χ3v) is 23.2. The maximum Gasteiger partial charge on any atom is 0.282 e. The average molecular weight is 1650 g/mol. The Hall–Kier alpha value is -10.5. The van der Waals surface area contributed by atoms with Gasteiger partial charge in [-0.25, -0.2) is 139 Å². The van der Waals surface area contributed by atoms with Gasteiger partial charge in [-0.3, -0.25) is 9.80 Å². The molecule has 0 amide bonds. The van der Waals surface area contributed by atoms with E-state index in [0.29, 0.717) is 130 Å². The van der Waals surface area contributed by atoms with E-state index in [4.69, 9.17) is 9.47 Å². The van der Waals surface area contributed by atoms with E-state index < -0.39 is 45.7 Å². The highest BCUT2D eigenvalue weighted by Crippen LogP contribution is 2.36. The number of nitrogens with one attached hydrogen (secondary N) is 2. The Kier molecular flexibility index (Phi) is 24.2. The van der Waals surface area contributed by atoms with Crippen molar-refractivity contribution >= 4 is 54.3 Å². The number of rotatable bonds is 20. The number of fused-ring (bicyclic) bond motifs is 4. The van der Waals surface area contributed by atoms with Gasteiger partial charge in [0.1, 0.15) is 82.5 Å². The molecule has 0 aromatic carbocycles. The first-order valence-corrected chi connectivity index (χ1v) is 41.5. The monoisotopic (exact) mass is 1650 g/mol. The number of ether oxygens (including phenoxy) is 2. The number of anilines is 2. The van der Waals surface area contributed by atoms with Crippen LogP contribution in [0.5, 0.6) is 0 Å². The highest BCUT2D eigenvalue weighted by Gasteiger charge is 2.37. The molecule has 2 N–H and O–H groups in total. The molecule has 6 aliphatic rings. The van der Waals surface area contributed by atoms with Crippen molar-refractivity contribution in [2.24, 2.45) is 11.8 Å². The van der Waals surface area contributed by atoms with Crippen molar-refractivity contribution in [3.05, 3.63) is 157 Å². The van der Waals surface area contributed by atoms with Crippen molar-refractivity contribution in [2.45, 2.75) is 114 Å². The normalized spacial score (nSPS) is 20.6. The summed E-state index contributed by atoms with van der Waals surface area (Å²) < 4.78 is 171. The maximum atomic E-state index is 13.0. The summed E-state index contributed by atoms with van der Waals surface area (Å²) in [5, 5.41) is 16.0. The summed E-state index contributed by atoms with van der Waals surface area (Å²) in [5.41, 5.74) is 7.01. The molecule has 42 heteroatoms. The molecule has 0 aliphatic carbocycles. The lowest BCUT2D eigenvalue weighted by molar-refractivity contribution is -0.0723. The highest BCUT2D eigenvalue weighted by atomic mass is 32.2. The van der Waals surface area contributed by atoms with Crippen LogP contribution in [0.4, 0.5) is 46.8 Å². The van der Waals surface area contributed by atoms with Gasteiger partial charge in [-0.2, -0.15) is 20.4 Å². The largest absolute Gasteiger partial charge is 0.378 e. The summed E-state index contributed by atoms with van der Waals surface area (Å²) in [5.74, 6) is 2.27. The number of hydrogen-bond donors (Lipinski definition) is 2. The number of hydrogen-bond acceptors (Lipinski definition) is 26. The number of nitrogens with zero attached hydrogens (tertiary/aromatic N) is 24. The van der Waals surface area contributed by atoms with E-state index in [9.17, 15) is 52.0 Å². The molecule has 6 aliphatic heterocycles. The predicted octanol–water partition coefficient (Wildman–Crippen LogP) is 9.18. The molecule has 0 radical (unpaired) electrons. The molecule has 12 aromatic rings. The second-order valence-electron chi connectivity index (χ2n) is 29.3. The molecule has 612 valence electrons. The molecule has 6 fully saturated rings. The van der Waals surface area contributed by atoms with Crippen LogP contribution >= 0.6 is 0 Å². The lowest BCUT2D eigenvalue weighted by Crippen LogP contribution is -2.52. The molecule has 0 saturated carbocycles. The summed E-state index contributed by atoms with van der Waals surface area (Å²) in [6, 6.07) is 19.7. The molecule has 18 heterocycles.